The van der Waals surface area contributed by atoms with Crippen molar-refractivity contribution in [2.24, 2.45) is 5.41 Å². The minimum atomic E-state index is -0.150. The lowest BCUT2D eigenvalue weighted by Gasteiger charge is -2.43. The number of benzene rings is 1. The van der Waals surface area contributed by atoms with Gasteiger partial charge in [-0.2, -0.15) is 0 Å². The van der Waals surface area contributed by atoms with Crippen LogP contribution in [0, 0.1) is 5.41 Å². The van der Waals surface area contributed by atoms with E-state index in [-0.39, 0.29) is 17.4 Å². The topological polar surface area (TPSA) is 93.4 Å². The van der Waals surface area contributed by atoms with Crippen molar-refractivity contribution in [2.45, 2.75) is 96.6 Å². The highest BCUT2D eigenvalue weighted by molar-refractivity contribution is 5.76. The number of imidazole rings is 2. The number of aromatic nitrogens is 4. The number of piperidine rings is 1. The quantitative estimate of drug-likeness (QED) is 0.316. The number of rotatable bonds is 11. The molecule has 2 aliphatic heterocycles. The average molecular weight is 574 g/mol. The molecule has 3 fully saturated rings. The Morgan fingerprint density at radius 2 is 1.60 bits per heavy atom. The molecule has 0 radical (unpaired) electrons. The van der Waals surface area contributed by atoms with Gasteiger partial charge in [0, 0.05) is 50.5 Å². The molecule has 4 heterocycles. The van der Waals surface area contributed by atoms with Gasteiger partial charge in [0.05, 0.1) is 19.7 Å². The van der Waals surface area contributed by atoms with E-state index in [0.717, 1.165) is 43.7 Å². The number of carbonyl (C=O) groups is 1. The molecule has 42 heavy (non-hydrogen) atoms. The molecule has 1 aromatic carbocycles. The molecule has 2 N–H and O–H groups in total. The van der Waals surface area contributed by atoms with Crippen molar-refractivity contribution < 1.29 is 9.53 Å². The van der Waals surface area contributed by atoms with Gasteiger partial charge in [-0.25, -0.2) is 9.97 Å². The van der Waals surface area contributed by atoms with Gasteiger partial charge in [0.25, 0.3) is 0 Å². The van der Waals surface area contributed by atoms with Gasteiger partial charge in [0.2, 0.25) is 0 Å². The zero-order chi connectivity index (χ0) is 28.8. The minimum absolute atomic E-state index is 0.0489. The largest absolute Gasteiger partial charge is 0.465 e. The van der Waals surface area contributed by atoms with E-state index in [2.05, 4.69) is 58.9 Å². The third-order valence-electron chi connectivity index (χ3n) is 9.79. The van der Waals surface area contributed by atoms with E-state index < -0.39 is 0 Å². The first-order chi connectivity index (χ1) is 20.6. The Kier molecular flexibility index (Phi) is 9.37. The van der Waals surface area contributed by atoms with Crippen molar-refractivity contribution in [2.75, 3.05) is 26.2 Å². The number of H-pyrrole nitrogens is 2. The number of likely N-dealkylation sites (tertiary alicyclic amines) is 2. The van der Waals surface area contributed by atoms with Crippen LogP contribution in [0.15, 0.2) is 49.1 Å². The molecule has 3 aliphatic rings. The van der Waals surface area contributed by atoms with Gasteiger partial charge < -0.3 is 19.6 Å². The maximum Gasteiger partial charge on any atom is 0.323 e. The summed E-state index contributed by atoms with van der Waals surface area (Å²) >= 11 is 0. The van der Waals surface area contributed by atoms with E-state index in [0.29, 0.717) is 19.7 Å². The molecule has 2 saturated heterocycles. The molecule has 2 aromatic heterocycles. The van der Waals surface area contributed by atoms with Crippen LogP contribution in [0.3, 0.4) is 0 Å². The minimum Gasteiger partial charge on any atom is -0.465 e. The van der Waals surface area contributed by atoms with Crippen LogP contribution in [0.25, 0.3) is 0 Å². The summed E-state index contributed by atoms with van der Waals surface area (Å²) < 4.78 is 5.58. The van der Waals surface area contributed by atoms with E-state index in [4.69, 9.17) is 4.74 Å². The Bertz CT molecular complexity index is 1190. The lowest BCUT2D eigenvalue weighted by molar-refractivity contribution is -0.148. The summed E-state index contributed by atoms with van der Waals surface area (Å²) in [4.78, 5) is 35.9. The van der Waals surface area contributed by atoms with E-state index in [1.807, 2.05) is 19.3 Å². The molecule has 0 amide bonds. The van der Waals surface area contributed by atoms with Crippen LogP contribution < -0.4 is 0 Å². The molecule has 9 nitrogen and oxygen atoms in total. The molecule has 0 bridgehead atoms. The third kappa shape index (κ3) is 7.13. The predicted molar refractivity (Wildman–Crippen MR) is 162 cm³/mol. The number of carbonyl (C=O) groups excluding carboxylic acids is 1. The molecule has 1 atom stereocenters. The second kappa shape index (κ2) is 13.5. The standard InChI is InChI=1S/C33H47N7O2/c1-2-42-32(41)29-20-33(12-18-39(19-13-33)28-6-4-3-5-7-28)25-40(29)22-27-10-8-26(9-11-27)21-38(23-30-34-14-15-35-30)24-31-36-16-17-37-31/h8-11,14-17,28-29H,2-7,12-13,18-25H2,1H3,(H,34,35)(H,36,37)/t29-/m0/s1. The molecule has 6 rings (SSSR count). The second-order valence-electron chi connectivity index (χ2n) is 12.7. The van der Waals surface area contributed by atoms with Crippen molar-refractivity contribution in [1.82, 2.24) is 34.6 Å². The average Bonchev–Trinajstić information content (AvgIpc) is 3.78. The molecular weight excluding hydrogens is 526 g/mol. The Morgan fingerprint density at radius 1 is 0.952 bits per heavy atom. The molecule has 1 spiro atoms. The Balaban J connectivity index is 1.09. The highest BCUT2D eigenvalue weighted by Gasteiger charge is 2.48. The van der Waals surface area contributed by atoms with Crippen LogP contribution in [0.5, 0.6) is 0 Å². The van der Waals surface area contributed by atoms with E-state index in [9.17, 15) is 4.79 Å². The van der Waals surface area contributed by atoms with Gasteiger partial charge in [-0.3, -0.25) is 14.6 Å². The van der Waals surface area contributed by atoms with Crippen molar-refractivity contribution in [3.8, 4) is 0 Å². The Hall–Kier alpha value is -3.01. The maximum absolute atomic E-state index is 13.1. The van der Waals surface area contributed by atoms with Crippen LogP contribution in [-0.4, -0.2) is 78.9 Å². The first-order valence-corrected chi connectivity index (χ1v) is 16.0. The first kappa shape index (κ1) is 29.1. The van der Waals surface area contributed by atoms with Crippen molar-refractivity contribution >= 4 is 5.97 Å². The summed E-state index contributed by atoms with van der Waals surface area (Å²) in [6.07, 6.45) is 17.5. The lowest BCUT2D eigenvalue weighted by Crippen LogP contribution is -2.46. The van der Waals surface area contributed by atoms with Crippen LogP contribution in [0.2, 0.25) is 0 Å². The van der Waals surface area contributed by atoms with Crippen LogP contribution >= 0.6 is 0 Å². The number of nitrogens with one attached hydrogen (secondary N) is 2. The molecule has 0 unspecified atom stereocenters. The Labute approximate surface area is 250 Å². The van der Waals surface area contributed by atoms with Gasteiger partial charge in [-0.15, -0.1) is 0 Å². The third-order valence-corrected chi connectivity index (χ3v) is 9.79. The van der Waals surface area contributed by atoms with Crippen LogP contribution in [0.4, 0.5) is 0 Å². The number of hydrogen-bond acceptors (Lipinski definition) is 7. The van der Waals surface area contributed by atoms with E-state index in [1.165, 1.54) is 69.2 Å². The summed E-state index contributed by atoms with van der Waals surface area (Å²) in [5.41, 5.74) is 2.71. The fourth-order valence-electron chi connectivity index (χ4n) is 7.56. The number of ether oxygens (including phenoxy) is 1. The fourth-order valence-corrected chi connectivity index (χ4v) is 7.56. The first-order valence-electron chi connectivity index (χ1n) is 16.0. The fraction of sp³-hybridized carbons (Fsp3) is 0.606. The van der Waals surface area contributed by atoms with Crippen molar-refractivity contribution in [3.63, 3.8) is 0 Å². The molecule has 226 valence electrons. The van der Waals surface area contributed by atoms with Crippen molar-refractivity contribution in [1.29, 1.82) is 0 Å². The summed E-state index contributed by atoms with van der Waals surface area (Å²) in [6, 6.07) is 9.53. The van der Waals surface area contributed by atoms with Gasteiger partial charge in [-0.1, -0.05) is 43.5 Å². The predicted octanol–water partition coefficient (Wildman–Crippen LogP) is 4.89. The van der Waals surface area contributed by atoms with Crippen LogP contribution in [0.1, 0.15) is 81.1 Å². The molecule has 9 heteroatoms. The molecule has 3 aromatic rings. The molecule has 1 saturated carbocycles. The second-order valence-corrected chi connectivity index (χ2v) is 12.7. The summed E-state index contributed by atoms with van der Waals surface area (Å²) in [5, 5.41) is 0. The lowest BCUT2D eigenvalue weighted by atomic mass is 9.76. The number of nitrogens with zero attached hydrogens (tertiary/aromatic N) is 5. The van der Waals surface area contributed by atoms with Gasteiger partial charge in [0.15, 0.2) is 0 Å². The SMILES string of the molecule is CCOC(=O)[C@@H]1CC2(CCN(C3CCCCC3)CC2)CN1Cc1ccc(CN(Cc2ncc[nH]2)Cc2ncc[nH]2)cc1. The Morgan fingerprint density at radius 3 is 2.19 bits per heavy atom. The highest BCUT2D eigenvalue weighted by atomic mass is 16.5. The maximum atomic E-state index is 13.1. The van der Waals surface area contributed by atoms with E-state index >= 15 is 0 Å². The van der Waals surface area contributed by atoms with Crippen molar-refractivity contribution in [3.05, 3.63) is 71.8 Å². The smallest absolute Gasteiger partial charge is 0.323 e. The number of hydrogen-bond donors (Lipinski definition) is 2. The summed E-state index contributed by atoms with van der Waals surface area (Å²) in [7, 11) is 0. The zero-order valence-corrected chi connectivity index (χ0v) is 25.1. The zero-order valence-electron chi connectivity index (χ0n) is 25.1. The highest BCUT2D eigenvalue weighted by Crippen LogP contribution is 2.45. The normalized spacial score (nSPS) is 21.8. The number of aromatic amines is 2. The summed E-state index contributed by atoms with van der Waals surface area (Å²) in [6.45, 7) is 8.68. The molecule has 1 aliphatic carbocycles. The van der Waals surface area contributed by atoms with Gasteiger partial charge in [0.1, 0.15) is 17.7 Å². The monoisotopic (exact) mass is 573 g/mol. The molecular formula is C33H47N7O2. The van der Waals surface area contributed by atoms with Gasteiger partial charge >= 0.3 is 5.97 Å². The van der Waals surface area contributed by atoms with E-state index in [1.54, 1.807) is 12.4 Å². The van der Waals surface area contributed by atoms with Crippen LogP contribution in [-0.2, 0) is 35.7 Å². The number of esters is 1. The van der Waals surface area contributed by atoms with Gasteiger partial charge in [-0.05, 0) is 68.7 Å². The summed E-state index contributed by atoms with van der Waals surface area (Å²) in [5.74, 6) is 1.83.